The summed E-state index contributed by atoms with van der Waals surface area (Å²) < 4.78 is 36.8. The summed E-state index contributed by atoms with van der Waals surface area (Å²) in [4.78, 5) is 1.70. The number of hydrogen-bond acceptors (Lipinski definition) is 2. The predicted octanol–water partition coefficient (Wildman–Crippen LogP) is 3.00. The van der Waals surface area contributed by atoms with Crippen molar-refractivity contribution in [3.05, 3.63) is 12.1 Å². The van der Waals surface area contributed by atoms with E-state index in [4.69, 9.17) is 0 Å². The van der Waals surface area contributed by atoms with E-state index in [-0.39, 0.29) is 12.6 Å². The highest BCUT2D eigenvalue weighted by Gasteiger charge is 2.27. The molecule has 0 saturated carbocycles. The zero-order valence-electron chi connectivity index (χ0n) is 9.47. The van der Waals surface area contributed by atoms with Crippen molar-refractivity contribution in [2.75, 3.05) is 25.6 Å². The molecule has 0 rings (SSSR count). The van der Waals surface area contributed by atoms with Crippen LogP contribution in [0.5, 0.6) is 0 Å². The summed E-state index contributed by atoms with van der Waals surface area (Å²) >= 11 is 1.70. The molecule has 0 fully saturated rings. The molecule has 0 bridgehead atoms. The Hall–Kier alpha value is -0.0951. The Balaban J connectivity index is 4.01. The quantitative estimate of drug-likeness (QED) is 0.629. The number of hydrogen-bond donors (Lipinski definition) is 0. The van der Waals surface area contributed by atoms with Gasteiger partial charge in [0.2, 0.25) is 0 Å². The number of likely N-dealkylation sites (N-methyl/N-ethyl adjacent to an activating group) is 1. The van der Waals surface area contributed by atoms with Crippen LogP contribution in [0.4, 0.5) is 12.9 Å². The summed E-state index contributed by atoms with van der Waals surface area (Å²) in [5, 5.41) is 0. The van der Waals surface area contributed by atoms with Crippen LogP contribution in [0, 0.1) is 0 Å². The first kappa shape index (κ1) is 14.9. The van der Waals surface area contributed by atoms with Crippen LogP contribution in [0.15, 0.2) is 12.1 Å². The van der Waals surface area contributed by atoms with Gasteiger partial charge in [0.15, 0.2) is 0 Å². The lowest BCUT2D eigenvalue weighted by Gasteiger charge is -2.29. The molecule has 0 aliphatic rings. The largest absolute Gasteiger partial charge is 0.506 e. The van der Waals surface area contributed by atoms with Gasteiger partial charge in [0.1, 0.15) is 0 Å². The molecule has 0 heterocycles. The highest BCUT2D eigenvalue weighted by Crippen LogP contribution is 2.19. The minimum atomic E-state index is -4.89. The van der Waals surface area contributed by atoms with E-state index < -0.39 is 12.4 Å². The minimum Gasteiger partial charge on any atom is -0.445 e. The second-order valence-corrected chi connectivity index (χ2v) is 4.76. The molecule has 0 spiro atoms. The first-order valence-electron chi connectivity index (χ1n) is 4.85. The molecular formula is C9H18BF3NS-. The average Bonchev–Trinajstić information content (AvgIpc) is 2.12. The first-order chi connectivity index (χ1) is 6.79. The van der Waals surface area contributed by atoms with Gasteiger partial charge in [-0.15, -0.1) is 12.1 Å². The Bertz CT molecular complexity index is 208. The number of thioether (sulfide) groups is 1. The standard InChI is InChI=1S/C9H18BF3NS/c1-8(10(11,12)13)7-14(3)9(2)5-6-15-4/h9H,1,5-7H2,2-4H3/q-1. The fraction of sp³-hybridized carbons (Fsp3) is 0.778. The molecule has 1 unspecified atom stereocenters. The summed E-state index contributed by atoms with van der Waals surface area (Å²) in [6.07, 6.45) is 2.89. The monoisotopic (exact) mass is 240 g/mol. The van der Waals surface area contributed by atoms with Gasteiger partial charge in [-0.3, -0.25) is 0 Å². The third kappa shape index (κ3) is 6.15. The Morgan fingerprint density at radius 3 is 2.40 bits per heavy atom. The first-order valence-corrected chi connectivity index (χ1v) is 6.25. The molecule has 1 atom stereocenters. The van der Waals surface area contributed by atoms with Gasteiger partial charge in [-0.1, -0.05) is 0 Å². The second-order valence-electron chi connectivity index (χ2n) is 3.78. The Labute approximate surface area is 94.2 Å². The maximum Gasteiger partial charge on any atom is 0.506 e. The Morgan fingerprint density at radius 2 is 2.00 bits per heavy atom. The molecule has 0 N–H and O–H groups in total. The smallest absolute Gasteiger partial charge is 0.445 e. The van der Waals surface area contributed by atoms with Crippen molar-refractivity contribution in [1.82, 2.24) is 4.90 Å². The lowest BCUT2D eigenvalue weighted by Crippen LogP contribution is -2.35. The maximum atomic E-state index is 12.3. The van der Waals surface area contributed by atoms with Gasteiger partial charge in [-0.2, -0.15) is 11.8 Å². The minimum absolute atomic E-state index is 0.0843. The lowest BCUT2D eigenvalue weighted by atomic mass is 9.80. The molecule has 0 saturated heterocycles. The second kappa shape index (κ2) is 6.48. The number of halogens is 3. The van der Waals surface area contributed by atoms with Crippen molar-refractivity contribution in [3.63, 3.8) is 0 Å². The van der Waals surface area contributed by atoms with E-state index in [9.17, 15) is 12.9 Å². The normalized spacial score (nSPS) is 14.3. The van der Waals surface area contributed by atoms with Crippen molar-refractivity contribution in [2.24, 2.45) is 0 Å². The van der Waals surface area contributed by atoms with Crippen molar-refractivity contribution in [1.29, 1.82) is 0 Å². The van der Waals surface area contributed by atoms with Crippen molar-refractivity contribution >= 4 is 18.7 Å². The van der Waals surface area contributed by atoms with E-state index in [1.54, 1.807) is 23.7 Å². The lowest BCUT2D eigenvalue weighted by molar-refractivity contribution is 0.273. The highest BCUT2D eigenvalue weighted by molar-refractivity contribution is 7.98. The molecule has 0 aromatic carbocycles. The summed E-state index contributed by atoms with van der Waals surface area (Å²) in [6.45, 7) is 0.0501. The SMILES string of the molecule is C=C(CN(C)C(C)CCSC)[B-](F)(F)F. The van der Waals surface area contributed by atoms with E-state index in [1.807, 2.05) is 13.2 Å². The molecule has 0 aliphatic heterocycles. The van der Waals surface area contributed by atoms with Crippen LogP contribution in [0.1, 0.15) is 13.3 Å². The van der Waals surface area contributed by atoms with Crippen LogP contribution in [0.2, 0.25) is 0 Å². The van der Waals surface area contributed by atoms with E-state index >= 15 is 0 Å². The molecule has 0 aromatic heterocycles. The summed E-state index contributed by atoms with van der Waals surface area (Å²) in [5.74, 6) is 0.967. The summed E-state index contributed by atoms with van der Waals surface area (Å²) in [7, 11) is 1.71. The van der Waals surface area contributed by atoms with Gasteiger partial charge in [0, 0.05) is 6.04 Å². The van der Waals surface area contributed by atoms with E-state index in [0.717, 1.165) is 12.2 Å². The predicted molar refractivity (Wildman–Crippen MR) is 63.3 cm³/mol. The molecule has 0 amide bonds. The van der Waals surface area contributed by atoms with Gasteiger partial charge in [0.25, 0.3) is 0 Å². The molecule has 1 nitrogen and oxygen atoms in total. The third-order valence-electron chi connectivity index (χ3n) is 2.41. The fourth-order valence-electron chi connectivity index (χ4n) is 1.09. The molecule has 0 aliphatic carbocycles. The molecule has 90 valence electrons. The van der Waals surface area contributed by atoms with E-state index in [1.165, 1.54) is 0 Å². The zero-order valence-corrected chi connectivity index (χ0v) is 10.3. The molecule has 0 aromatic rings. The summed E-state index contributed by atoms with van der Waals surface area (Å²) in [6, 6.07) is 0.160. The Morgan fingerprint density at radius 1 is 1.47 bits per heavy atom. The van der Waals surface area contributed by atoms with E-state index in [0.29, 0.717) is 0 Å². The number of rotatable bonds is 7. The van der Waals surface area contributed by atoms with Crippen molar-refractivity contribution < 1.29 is 12.9 Å². The van der Waals surface area contributed by atoms with Crippen molar-refractivity contribution in [2.45, 2.75) is 19.4 Å². The summed E-state index contributed by atoms with van der Waals surface area (Å²) in [5.41, 5.74) is -0.617. The fourth-order valence-corrected chi connectivity index (χ4v) is 1.67. The van der Waals surface area contributed by atoms with Crippen LogP contribution in [-0.2, 0) is 0 Å². The van der Waals surface area contributed by atoms with Gasteiger partial charge in [0.05, 0.1) is 0 Å². The molecule has 0 radical (unpaired) electrons. The van der Waals surface area contributed by atoms with Crippen LogP contribution in [0.3, 0.4) is 0 Å². The van der Waals surface area contributed by atoms with E-state index in [2.05, 4.69) is 6.58 Å². The maximum absolute atomic E-state index is 12.3. The molecular weight excluding hydrogens is 222 g/mol. The van der Waals surface area contributed by atoms with Gasteiger partial charge < -0.3 is 17.8 Å². The zero-order chi connectivity index (χ0) is 12.1. The molecule has 6 heteroatoms. The average molecular weight is 240 g/mol. The van der Waals surface area contributed by atoms with Crippen LogP contribution in [0.25, 0.3) is 0 Å². The highest BCUT2D eigenvalue weighted by atomic mass is 32.2. The van der Waals surface area contributed by atoms with Crippen LogP contribution >= 0.6 is 11.8 Å². The van der Waals surface area contributed by atoms with Crippen LogP contribution < -0.4 is 0 Å². The van der Waals surface area contributed by atoms with Gasteiger partial charge in [-0.25, -0.2) is 0 Å². The van der Waals surface area contributed by atoms with Crippen LogP contribution in [-0.4, -0.2) is 43.5 Å². The molecule has 15 heavy (non-hydrogen) atoms. The third-order valence-corrected chi connectivity index (χ3v) is 3.05. The van der Waals surface area contributed by atoms with Gasteiger partial charge in [-0.05, 0) is 38.9 Å². The topological polar surface area (TPSA) is 3.24 Å². The number of nitrogens with zero attached hydrogens (tertiary/aromatic N) is 1. The van der Waals surface area contributed by atoms with Gasteiger partial charge >= 0.3 is 6.98 Å². The van der Waals surface area contributed by atoms with Crippen molar-refractivity contribution in [3.8, 4) is 0 Å². The Kier molecular flexibility index (Phi) is 6.44.